The second-order valence-electron chi connectivity index (χ2n) is 4.94. The van der Waals surface area contributed by atoms with Crippen LogP contribution in [0.15, 0.2) is 36.5 Å². The summed E-state index contributed by atoms with van der Waals surface area (Å²) in [5, 5.41) is 4.05. The van der Waals surface area contributed by atoms with Gasteiger partial charge in [0, 0.05) is 31.2 Å². The van der Waals surface area contributed by atoms with Gasteiger partial charge in [-0.25, -0.2) is 0 Å². The fourth-order valence-electron chi connectivity index (χ4n) is 2.49. The first kappa shape index (κ1) is 12.1. The van der Waals surface area contributed by atoms with Gasteiger partial charge in [-0.05, 0) is 30.2 Å². The number of carbonyl (C=O) groups is 1. The van der Waals surface area contributed by atoms with E-state index in [4.69, 9.17) is 0 Å². The largest absolute Gasteiger partial charge is 0.355 e. The number of amides is 1. The van der Waals surface area contributed by atoms with Crippen molar-refractivity contribution in [3.63, 3.8) is 0 Å². The first-order chi connectivity index (χ1) is 9.31. The fourth-order valence-corrected chi connectivity index (χ4v) is 2.49. The van der Waals surface area contributed by atoms with Gasteiger partial charge in [0.15, 0.2) is 0 Å². The van der Waals surface area contributed by atoms with Crippen LogP contribution in [0, 0.1) is 0 Å². The van der Waals surface area contributed by atoms with Crippen LogP contribution in [0.5, 0.6) is 0 Å². The lowest BCUT2D eigenvalue weighted by molar-refractivity contribution is -0.121. The number of pyridine rings is 1. The maximum absolute atomic E-state index is 11.5. The second kappa shape index (κ2) is 5.36. The highest BCUT2D eigenvalue weighted by atomic mass is 16.2. The molecule has 3 rings (SSSR count). The molecule has 2 heterocycles. The predicted molar refractivity (Wildman–Crippen MR) is 74.6 cm³/mol. The van der Waals surface area contributed by atoms with Crippen LogP contribution < -0.4 is 5.32 Å². The topological polar surface area (TPSA) is 45.2 Å². The highest BCUT2D eigenvalue weighted by Gasteiger charge is 2.14. The van der Waals surface area contributed by atoms with Gasteiger partial charge in [-0.3, -0.25) is 14.7 Å². The minimum absolute atomic E-state index is 0.125. The molecule has 4 nitrogen and oxygen atoms in total. The van der Waals surface area contributed by atoms with Crippen LogP contribution in [-0.4, -0.2) is 35.4 Å². The molecule has 0 saturated carbocycles. The van der Waals surface area contributed by atoms with Crippen LogP contribution in [0.2, 0.25) is 0 Å². The van der Waals surface area contributed by atoms with Gasteiger partial charge in [-0.1, -0.05) is 12.1 Å². The lowest BCUT2D eigenvalue weighted by atomic mass is 10.1. The molecule has 1 aliphatic rings. The van der Waals surface area contributed by atoms with Crippen molar-refractivity contribution >= 4 is 16.8 Å². The molecule has 1 amide bonds. The van der Waals surface area contributed by atoms with E-state index in [1.165, 1.54) is 5.56 Å². The molecular weight excluding hydrogens is 238 g/mol. The first-order valence-corrected chi connectivity index (χ1v) is 6.64. The highest BCUT2D eigenvalue weighted by Crippen LogP contribution is 2.15. The lowest BCUT2D eigenvalue weighted by Gasteiger charge is -2.18. The van der Waals surface area contributed by atoms with E-state index < -0.39 is 0 Å². The van der Waals surface area contributed by atoms with Crippen LogP contribution in [0.3, 0.4) is 0 Å². The Bertz CT molecular complexity index is 597. The van der Waals surface area contributed by atoms with Gasteiger partial charge in [-0.15, -0.1) is 0 Å². The van der Waals surface area contributed by atoms with E-state index >= 15 is 0 Å². The fraction of sp³-hybridized carbons (Fsp3) is 0.333. The second-order valence-corrected chi connectivity index (χ2v) is 4.94. The number of fused-ring (bicyclic) bond motifs is 1. The van der Waals surface area contributed by atoms with Gasteiger partial charge in [0.2, 0.25) is 5.91 Å². The molecule has 0 unspecified atom stereocenters. The van der Waals surface area contributed by atoms with Crippen LogP contribution in [0.4, 0.5) is 0 Å². The summed E-state index contributed by atoms with van der Waals surface area (Å²) in [6.45, 7) is 3.06. The number of nitrogens with zero attached hydrogens (tertiary/aromatic N) is 2. The molecule has 1 aromatic carbocycles. The zero-order valence-corrected chi connectivity index (χ0v) is 10.8. The number of rotatable bonds is 2. The molecule has 0 aliphatic carbocycles. The van der Waals surface area contributed by atoms with Crippen molar-refractivity contribution in [2.24, 2.45) is 0 Å². The van der Waals surface area contributed by atoms with Crippen molar-refractivity contribution in [1.29, 1.82) is 0 Å². The monoisotopic (exact) mass is 255 g/mol. The third kappa shape index (κ3) is 2.90. The summed E-state index contributed by atoms with van der Waals surface area (Å²) in [5.74, 6) is 0.125. The maximum atomic E-state index is 11.5. The van der Waals surface area contributed by atoms with Crippen LogP contribution in [0.1, 0.15) is 12.0 Å². The quantitative estimate of drug-likeness (QED) is 0.885. The molecule has 98 valence electrons. The Morgan fingerprint density at radius 2 is 2.26 bits per heavy atom. The predicted octanol–water partition coefficient (Wildman–Crippen LogP) is 1.56. The van der Waals surface area contributed by atoms with E-state index in [0.717, 1.165) is 37.0 Å². The first-order valence-electron chi connectivity index (χ1n) is 6.64. The summed E-state index contributed by atoms with van der Waals surface area (Å²) < 4.78 is 0. The molecule has 0 radical (unpaired) electrons. The van der Waals surface area contributed by atoms with Crippen molar-refractivity contribution in [3.05, 3.63) is 42.1 Å². The normalized spacial score (nSPS) is 17.2. The van der Waals surface area contributed by atoms with Crippen molar-refractivity contribution in [1.82, 2.24) is 15.2 Å². The third-order valence-corrected chi connectivity index (χ3v) is 3.41. The molecule has 1 aromatic heterocycles. The Labute approximate surface area is 112 Å². The molecule has 0 spiro atoms. The minimum Gasteiger partial charge on any atom is -0.355 e. The van der Waals surface area contributed by atoms with Crippen molar-refractivity contribution in [3.8, 4) is 0 Å². The van der Waals surface area contributed by atoms with Gasteiger partial charge in [-0.2, -0.15) is 0 Å². The van der Waals surface area contributed by atoms with Crippen molar-refractivity contribution < 1.29 is 4.79 Å². The Morgan fingerprint density at radius 1 is 1.32 bits per heavy atom. The summed E-state index contributed by atoms with van der Waals surface area (Å²) in [7, 11) is 0. The van der Waals surface area contributed by atoms with E-state index in [-0.39, 0.29) is 5.91 Å². The van der Waals surface area contributed by atoms with Crippen LogP contribution in [0.25, 0.3) is 10.9 Å². The van der Waals surface area contributed by atoms with Crippen LogP contribution >= 0.6 is 0 Å². The molecule has 1 saturated heterocycles. The molecule has 0 bridgehead atoms. The Hall–Kier alpha value is -1.94. The lowest BCUT2D eigenvalue weighted by Crippen LogP contribution is -2.32. The van der Waals surface area contributed by atoms with E-state index in [1.807, 2.05) is 12.1 Å². The smallest absolute Gasteiger partial charge is 0.234 e. The SMILES string of the molecule is O=C1CN(Cc2ccc3ncccc3c2)CCCN1. The minimum atomic E-state index is 0.125. The van der Waals surface area contributed by atoms with Gasteiger partial charge in [0.25, 0.3) is 0 Å². The average Bonchev–Trinajstić information content (AvgIpc) is 2.63. The van der Waals surface area contributed by atoms with Gasteiger partial charge in [0.05, 0.1) is 12.1 Å². The van der Waals surface area contributed by atoms with E-state index in [9.17, 15) is 4.79 Å². The Kier molecular flexibility index (Phi) is 3.42. The molecule has 1 aliphatic heterocycles. The number of benzene rings is 1. The highest BCUT2D eigenvalue weighted by molar-refractivity contribution is 5.79. The summed E-state index contributed by atoms with van der Waals surface area (Å²) in [6, 6.07) is 10.3. The van der Waals surface area contributed by atoms with Crippen LogP contribution in [-0.2, 0) is 11.3 Å². The van der Waals surface area contributed by atoms with Gasteiger partial charge >= 0.3 is 0 Å². The molecule has 19 heavy (non-hydrogen) atoms. The number of hydrogen-bond donors (Lipinski definition) is 1. The molecule has 0 atom stereocenters. The van der Waals surface area contributed by atoms with Crippen molar-refractivity contribution in [2.75, 3.05) is 19.6 Å². The molecular formula is C15H17N3O. The van der Waals surface area contributed by atoms with E-state index in [2.05, 4.69) is 33.4 Å². The summed E-state index contributed by atoms with van der Waals surface area (Å²) in [5.41, 5.74) is 2.25. The zero-order chi connectivity index (χ0) is 13.1. The molecule has 4 heteroatoms. The van der Waals surface area contributed by atoms with Crippen molar-refractivity contribution in [2.45, 2.75) is 13.0 Å². The maximum Gasteiger partial charge on any atom is 0.234 e. The molecule has 1 fully saturated rings. The van der Waals surface area contributed by atoms with E-state index in [0.29, 0.717) is 6.54 Å². The number of aromatic nitrogens is 1. The molecule has 1 N–H and O–H groups in total. The molecule has 2 aromatic rings. The Morgan fingerprint density at radius 3 is 3.21 bits per heavy atom. The summed E-state index contributed by atoms with van der Waals surface area (Å²) in [4.78, 5) is 18.0. The van der Waals surface area contributed by atoms with Gasteiger partial charge < -0.3 is 5.32 Å². The van der Waals surface area contributed by atoms with Gasteiger partial charge in [0.1, 0.15) is 0 Å². The number of carbonyl (C=O) groups excluding carboxylic acids is 1. The van der Waals surface area contributed by atoms with E-state index in [1.54, 1.807) is 6.20 Å². The standard InChI is InChI=1S/C15H17N3O/c19-15-11-18(8-2-7-17-15)10-12-4-5-14-13(9-12)3-1-6-16-14/h1,3-6,9H,2,7-8,10-11H2,(H,17,19). The Balaban J connectivity index is 1.78. The number of hydrogen-bond acceptors (Lipinski definition) is 3. The summed E-state index contributed by atoms with van der Waals surface area (Å²) in [6.07, 6.45) is 2.82. The average molecular weight is 255 g/mol. The third-order valence-electron chi connectivity index (χ3n) is 3.41. The summed E-state index contributed by atoms with van der Waals surface area (Å²) >= 11 is 0. The number of nitrogens with one attached hydrogen (secondary N) is 1. The zero-order valence-electron chi connectivity index (χ0n) is 10.8.